The monoisotopic (exact) mass is 551 g/mol. The van der Waals surface area contributed by atoms with Crippen LogP contribution in [0.2, 0.25) is 0 Å². The summed E-state index contributed by atoms with van der Waals surface area (Å²) in [7, 11) is 5.26. The number of rotatable bonds is 11. The second-order valence-electron chi connectivity index (χ2n) is 9.76. The predicted octanol–water partition coefficient (Wildman–Crippen LogP) is 5.03. The van der Waals surface area contributed by atoms with Gasteiger partial charge in [-0.15, -0.1) is 0 Å². The first-order chi connectivity index (χ1) is 20.0. The fourth-order valence-electron chi connectivity index (χ4n) is 4.84. The van der Waals surface area contributed by atoms with Gasteiger partial charge in [0.15, 0.2) is 5.43 Å². The van der Waals surface area contributed by atoms with Gasteiger partial charge in [-0.2, -0.15) is 4.73 Å². The number of nitrogens with one attached hydrogen (secondary N) is 1. The van der Waals surface area contributed by atoms with Gasteiger partial charge in [-0.25, -0.2) is 0 Å². The van der Waals surface area contributed by atoms with E-state index in [-0.39, 0.29) is 11.3 Å². The normalized spacial score (nSPS) is 11.1. The third-order valence-electron chi connectivity index (χ3n) is 7.05. The van der Waals surface area contributed by atoms with Gasteiger partial charge in [0, 0.05) is 24.2 Å². The average molecular weight is 552 g/mol. The van der Waals surface area contributed by atoms with E-state index in [0.717, 1.165) is 25.3 Å². The maximum absolute atomic E-state index is 13.3. The Kier molecular flexibility index (Phi) is 8.50. The number of para-hydroxylation sites is 2. The van der Waals surface area contributed by atoms with Gasteiger partial charge in [0.05, 0.1) is 23.6 Å². The Morgan fingerprint density at radius 1 is 0.854 bits per heavy atom. The summed E-state index contributed by atoms with van der Waals surface area (Å²) in [6, 6.07) is 27.6. The van der Waals surface area contributed by atoms with E-state index in [9.17, 15) is 9.59 Å². The third kappa shape index (κ3) is 6.18. The molecule has 0 radical (unpaired) electrons. The van der Waals surface area contributed by atoms with Crippen LogP contribution in [0.4, 0.5) is 5.69 Å². The first-order valence-electron chi connectivity index (χ1n) is 13.4. The summed E-state index contributed by atoms with van der Waals surface area (Å²) < 4.78 is 12.8. The second kappa shape index (κ2) is 12.6. The summed E-state index contributed by atoms with van der Waals surface area (Å²) >= 11 is 0. The van der Waals surface area contributed by atoms with Crippen molar-refractivity contribution >= 4 is 33.4 Å². The van der Waals surface area contributed by atoms with Crippen LogP contribution in [0.1, 0.15) is 15.9 Å². The predicted molar refractivity (Wildman–Crippen MR) is 162 cm³/mol. The molecule has 8 nitrogen and oxygen atoms in total. The first kappa shape index (κ1) is 27.7. The zero-order valence-electron chi connectivity index (χ0n) is 23.4. The fourth-order valence-corrected chi connectivity index (χ4v) is 4.84. The van der Waals surface area contributed by atoms with E-state index >= 15 is 0 Å². The molecule has 210 valence electrons. The highest BCUT2D eigenvalue weighted by Crippen LogP contribution is 2.23. The maximum Gasteiger partial charge on any atom is 0.257 e. The highest BCUT2D eigenvalue weighted by atomic mass is 16.6. The molecule has 0 fully saturated rings. The summed E-state index contributed by atoms with van der Waals surface area (Å²) in [5, 5.41) is 3.87. The molecule has 5 aromatic rings. The van der Waals surface area contributed by atoms with Gasteiger partial charge >= 0.3 is 0 Å². The van der Waals surface area contributed by atoms with Gasteiger partial charge in [-0.1, -0.05) is 30.3 Å². The Balaban J connectivity index is 1.21. The molecule has 0 aliphatic carbocycles. The van der Waals surface area contributed by atoms with Gasteiger partial charge in [0.1, 0.15) is 30.7 Å². The fraction of sp³-hybridized carbons (Fsp3) is 0.212. The molecule has 0 spiro atoms. The maximum atomic E-state index is 13.3. The minimum Gasteiger partial charge on any atom is -0.497 e. The first-order valence-corrected chi connectivity index (χ1v) is 13.4. The topological polar surface area (TPSA) is 82.0 Å². The molecular weight excluding hydrogens is 518 g/mol. The summed E-state index contributed by atoms with van der Waals surface area (Å²) in [6.07, 6.45) is 0.926. The lowest BCUT2D eigenvalue weighted by atomic mass is 10.1. The lowest BCUT2D eigenvalue weighted by Crippen LogP contribution is -2.26. The summed E-state index contributed by atoms with van der Waals surface area (Å²) in [5.74, 6) is 1.24. The summed E-state index contributed by atoms with van der Waals surface area (Å²) in [5.41, 5.74) is 3.06. The molecule has 0 saturated carbocycles. The van der Waals surface area contributed by atoms with Gasteiger partial charge in [-0.05, 0) is 79.7 Å². The number of aromatic nitrogens is 1. The van der Waals surface area contributed by atoms with E-state index in [1.165, 1.54) is 17.4 Å². The molecule has 8 heteroatoms. The molecule has 0 aliphatic heterocycles. The SMILES string of the molecule is COc1cccc(CCN(C)CCOc2ccc(NC(=O)c3cccc4c(=O)c5ccccc5n(OC)c34)cc2)c1. The van der Waals surface area contributed by atoms with E-state index in [4.69, 9.17) is 14.3 Å². The standard InChI is InChI=1S/C33H33N3O5/c1-35(19-18-23-8-6-9-26(22-23)39-2)20-21-41-25-16-14-24(15-17-25)34-33(38)29-12-7-11-28-31(29)36(40-3)30-13-5-4-10-27(30)32(28)37/h4-17,22H,18-21H2,1-3H3,(H,34,38). The molecule has 0 bridgehead atoms. The molecule has 1 amide bonds. The van der Waals surface area contributed by atoms with Crippen LogP contribution in [0.15, 0.2) is 95.8 Å². The van der Waals surface area contributed by atoms with Crippen LogP contribution in [0, 0.1) is 0 Å². The van der Waals surface area contributed by atoms with Crippen LogP contribution in [0.25, 0.3) is 21.8 Å². The Hall–Kier alpha value is -4.82. The molecule has 1 aromatic heterocycles. The molecule has 5 rings (SSSR count). The largest absolute Gasteiger partial charge is 0.497 e. The molecule has 1 heterocycles. The molecular formula is C33H33N3O5. The Bertz CT molecular complexity index is 1730. The lowest BCUT2D eigenvalue weighted by Gasteiger charge is -2.17. The average Bonchev–Trinajstić information content (AvgIpc) is 3.01. The van der Waals surface area contributed by atoms with Crippen molar-refractivity contribution in [1.82, 2.24) is 9.63 Å². The smallest absolute Gasteiger partial charge is 0.257 e. The van der Waals surface area contributed by atoms with E-state index in [2.05, 4.69) is 29.4 Å². The highest BCUT2D eigenvalue weighted by molar-refractivity contribution is 6.13. The molecule has 1 N–H and O–H groups in total. The van der Waals surface area contributed by atoms with E-state index < -0.39 is 0 Å². The Morgan fingerprint density at radius 2 is 1.61 bits per heavy atom. The Labute approximate surface area is 238 Å². The van der Waals surface area contributed by atoms with E-state index in [0.29, 0.717) is 45.4 Å². The van der Waals surface area contributed by atoms with Crippen molar-refractivity contribution in [2.24, 2.45) is 0 Å². The van der Waals surface area contributed by atoms with Gasteiger partial charge in [-0.3, -0.25) is 9.59 Å². The van der Waals surface area contributed by atoms with Gasteiger partial charge in [0.2, 0.25) is 0 Å². The van der Waals surface area contributed by atoms with Crippen LogP contribution in [0.5, 0.6) is 11.5 Å². The van der Waals surface area contributed by atoms with Crippen molar-refractivity contribution < 1.29 is 19.1 Å². The number of likely N-dealkylation sites (N-methyl/N-ethyl adjacent to an activating group) is 1. The minimum atomic E-state index is -0.345. The van der Waals surface area contributed by atoms with Crippen LogP contribution >= 0.6 is 0 Å². The van der Waals surface area contributed by atoms with E-state index in [1.54, 1.807) is 49.6 Å². The number of hydrogen-bond acceptors (Lipinski definition) is 6. The van der Waals surface area contributed by atoms with Crippen molar-refractivity contribution in [2.75, 3.05) is 46.3 Å². The number of hydrogen-bond donors (Lipinski definition) is 1. The van der Waals surface area contributed by atoms with Crippen LogP contribution < -0.4 is 25.1 Å². The quantitative estimate of drug-likeness (QED) is 0.232. The van der Waals surface area contributed by atoms with Crippen LogP contribution in [-0.4, -0.2) is 56.5 Å². The number of fused-ring (bicyclic) bond motifs is 2. The molecule has 0 aliphatic rings. The number of nitrogens with zero attached hydrogens (tertiary/aromatic N) is 2. The van der Waals surface area contributed by atoms with Crippen molar-refractivity contribution in [3.8, 4) is 11.5 Å². The zero-order chi connectivity index (χ0) is 28.8. The zero-order valence-corrected chi connectivity index (χ0v) is 23.4. The Morgan fingerprint density at radius 3 is 2.39 bits per heavy atom. The third-order valence-corrected chi connectivity index (χ3v) is 7.05. The number of carbonyl (C=O) groups excluding carboxylic acids is 1. The van der Waals surface area contributed by atoms with Crippen molar-refractivity contribution in [3.63, 3.8) is 0 Å². The van der Waals surface area contributed by atoms with E-state index in [1.807, 2.05) is 36.4 Å². The van der Waals surface area contributed by atoms with Crippen LogP contribution in [-0.2, 0) is 6.42 Å². The van der Waals surface area contributed by atoms with Gasteiger partial charge < -0.3 is 24.5 Å². The number of carbonyl (C=O) groups is 1. The highest BCUT2D eigenvalue weighted by Gasteiger charge is 2.18. The number of methoxy groups -OCH3 is 1. The number of anilines is 1. The number of amides is 1. The lowest BCUT2D eigenvalue weighted by molar-refractivity contribution is 0.102. The molecule has 0 atom stereocenters. The van der Waals surface area contributed by atoms with Gasteiger partial charge in [0.25, 0.3) is 5.91 Å². The number of pyridine rings is 1. The van der Waals surface area contributed by atoms with Crippen molar-refractivity contribution in [1.29, 1.82) is 0 Å². The van der Waals surface area contributed by atoms with Crippen molar-refractivity contribution in [3.05, 3.63) is 112 Å². The number of benzene rings is 4. The minimum absolute atomic E-state index is 0.147. The molecule has 41 heavy (non-hydrogen) atoms. The van der Waals surface area contributed by atoms with Crippen molar-refractivity contribution in [2.45, 2.75) is 6.42 Å². The molecule has 4 aromatic carbocycles. The summed E-state index contributed by atoms with van der Waals surface area (Å²) in [6.45, 7) is 2.22. The second-order valence-corrected chi connectivity index (χ2v) is 9.76. The van der Waals surface area contributed by atoms with Crippen LogP contribution in [0.3, 0.4) is 0 Å². The summed E-state index contributed by atoms with van der Waals surface area (Å²) in [4.78, 5) is 34.4. The molecule has 0 unspecified atom stereocenters. The number of ether oxygens (including phenoxy) is 2. The molecule has 0 saturated heterocycles.